The van der Waals surface area contributed by atoms with Gasteiger partial charge in [0.15, 0.2) is 0 Å². The summed E-state index contributed by atoms with van der Waals surface area (Å²) in [6.45, 7) is 3.81. The van der Waals surface area contributed by atoms with E-state index in [1.165, 1.54) is 23.9 Å². The molecule has 24 heavy (non-hydrogen) atoms. The molecule has 0 bridgehead atoms. The van der Waals surface area contributed by atoms with Crippen LogP contribution in [0.4, 0.5) is 0 Å². The number of carbonyl (C=O) groups is 1. The maximum absolute atomic E-state index is 13.0. The molecule has 5 nitrogen and oxygen atoms in total. The number of carbonyl (C=O) groups excluding carboxylic acids is 1. The first-order valence-corrected chi connectivity index (χ1v) is 11.0. The molecule has 1 aromatic carbocycles. The lowest BCUT2D eigenvalue weighted by Gasteiger charge is -2.24. The lowest BCUT2D eigenvalue weighted by atomic mass is 10.2. The van der Waals surface area contributed by atoms with Crippen LogP contribution < -0.4 is 5.32 Å². The van der Waals surface area contributed by atoms with Crippen molar-refractivity contribution in [2.75, 3.05) is 11.6 Å². The SMILES string of the molecule is CCC(C)NC(=O)C1CSCN1S(=O)(=O)c1c(Cl)cc(Cl)cc1Cl. The fraction of sp³-hybridized carbons (Fsp3) is 0.500. The highest BCUT2D eigenvalue weighted by Gasteiger charge is 2.41. The van der Waals surface area contributed by atoms with Crippen LogP contribution in [-0.4, -0.2) is 42.3 Å². The van der Waals surface area contributed by atoms with Gasteiger partial charge in [-0.15, -0.1) is 11.8 Å². The summed E-state index contributed by atoms with van der Waals surface area (Å²) in [6.07, 6.45) is 0.757. The lowest BCUT2D eigenvalue weighted by Crippen LogP contribution is -2.49. The Labute approximate surface area is 161 Å². The normalized spacial score (nSPS) is 20.1. The molecule has 0 radical (unpaired) electrons. The molecule has 1 saturated heterocycles. The Bertz CT molecular complexity index is 720. The Morgan fingerprint density at radius 3 is 2.50 bits per heavy atom. The van der Waals surface area contributed by atoms with Gasteiger partial charge < -0.3 is 5.32 Å². The molecule has 0 spiro atoms. The third kappa shape index (κ3) is 4.14. The third-order valence-corrected chi connectivity index (χ3v) is 7.85. The zero-order chi connectivity index (χ0) is 18.1. The molecule has 2 unspecified atom stereocenters. The first kappa shape index (κ1) is 20.1. The molecule has 1 aromatic rings. The quantitative estimate of drug-likeness (QED) is 0.773. The van der Waals surface area contributed by atoms with Gasteiger partial charge >= 0.3 is 0 Å². The molecule has 0 saturated carbocycles. The largest absolute Gasteiger partial charge is 0.352 e. The van der Waals surface area contributed by atoms with E-state index in [0.717, 1.165) is 10.7 Å². The maximum Gasteiger partial charge on any atom is 0.247 e. The standard InChI is InChI=1S/C14H17Cl3N2O3S2/c1-3-8(2)18-14(20)12-6-23-7-19(12)24(21,22)13-10(16)4-9(15)5-11(13)17/h4-5,8,12H,3,6-7H2,1-2H3,(H,18,20). The van der Waals surface area contributed by atoms with Gasteiger partial charge in [0.2, 0.25) is 15.9 Å². The van der Waals surface area contributed by atoms with E-state index in [9.17, 15) is 13.2 Å². The fourth-order valence-corrected chi connectivity index (χ4v) is 6.85. The number of hydrogen-bond acceptors (Lipinski definition) is 4. The van der Waals surface area contributed by atoms with Crippen LogP contribution in [0.2, 0.25) is 15.1 Å². The topological polar surface area (TPSA) is 66.5 Å². The molecule has 10 heteroatoms. The number of halogens is 3. The average molecular weight is 432 g/mol. The predicted octanol–water partition coefficient (Wildman–Crippen LogP) is 3.63. The smallest absolute Gasteiger partial charge is 0.247 e. The minimum Gasteiger partial charge on any atom is -0.352 e. The molecular formula is C14H17Cl3N2O3S2. The summed E-state index contributed by atoms with van der Waals surface area (Å²) in [5.41, 5.74) is 0. The number of sulfonamides is 1. The summed E-state index contributed by atoms with van der Waals surface area (Å²) < 4.78 is 27.1. The Morgan fingerprint density at radius 1 is 1.38 bits per heavy atom. The molecule has 0 aliphatic carbocycles. The number of amides is 1. The van der Waals surface area contributed by atoms with Crippen LogP contribution in [0.25, 0.3) is 0 Å². The van der Waals surface area contributed by atoms with Crippen LogP contribution in [0.1, 0.15) is 20.3 Å². The molecule has 2 rings (SSSR count). The maximum atomic E-state index is 13.0. The van der Waals surface area contributed by atoms with Crippen molar-refractivity contribution < 1.29 is 13.2 Å². The second kappa shape index (κ2) is 8.01. The van der Waals surface area contributed by atoms with E-state index in [0.29, 0.717) is 5.75 Å². The van der Waals surface area contributed by atoms with Crippen LogP contribution in [0, 0.1) is 0 Å². The number of benzene rings is 1. The monoisotopic (exact) mass is 430 g/mol. The van der Waals surface area contributed by atoms with Crippen molar-refractivity contribution in [2.24, 2.45) is 0 Å². The summed E-state index contributed by atoms with van der Waals surface area (Å²) >= 11 is 19.3. The van der Waals surface area contributed by atoms with Crippen LogP contribution in [0.5, 0.6) is 0 Å². The lowest BCUT2D eigenvalue weighted by molar-refractivity contribution is -0.124. The molecule has 1 aliphatic heterocycles. The molecule has 1 amide bonds. The van der Waals surface area contributed by atoms with Crippen molar-refractivity contribution in [2.45, 2.75) is 37.2 Å². The number of hydrogen-bond donors (Lipinski definition) is 1. The fourth-order valence-electron chi connectivity index (χ4n) is 2.20. The number of rotatable bonds is 5. The Morgan fingerprint density at radius 2 is 1.96 bits per heavy atom. The van der Waals surface area contributed by atoms with Gasteiger partial charge in [0, 0.05) is 16.8 Å². The van der Waals surface area contributed by atoms with E-state index in [-0.39, 0.29) is 37.8 Å². The first-order chi connectivity index (χ1) is 11.2. The summed E-state index contributed by atoms with van der Waals surface area (Å²) in [5, 5.41) is 2.93. The molecule has 0 aromatic heterocycles. The Hall–Kier alpha value is -0.180. The van der Waals surface area contributed by atoms with Gasteiger partial charge in [0.05, 0.1) is 15.9 Å². The summed E-state index contributed by atoms with van der Waals surface area (Å²) in [4.78, 5) is 12.2. The molecule has 1 fully saturated rings. The van der Waals surface area contributed by atoms with Crippen molar-refractivity contribution >= 4 is 62.5 Å². The van der Waals surface area contributed by atoms with Crippen LogP contribution in [-0.2, 0) is 14.8 Å². The van der Waals surface area contributed by atoms with E-state index in [2.05, 4.69) is 5.32 Å². The minimum atomic E-state index is -4.02. The van der Waals surface area contributed by atoms with Gasteiger partial charge in [-0.25, -0.2) is 8.42 Å². The summed E-state index contributed by atoms with van der Waals surface area (Å²) in [6, 6.07) is 1.81. The highest BCUT2D eigenvalue weighted by atomic mass is 35.5. The highest BCUT2D eigenvalue weighted by molar-refractivity contribution is 8.00. The van der Waals surface area contributed by atoms with Gasteiger partial charge in [0.1, 0.15) is 10.9 Å². The van der Waals surface area contributed by atoms with Gasteiger partial charge in [0.25, 0.3) is 0 Å². The number of thioether (sulfide) groups is 1. The van der Waals surface area contributed by atoms with Crippen LogP contribution in [0.3, 0.4) is 0 Å². The van der Waals surface area contributed by atoms with E-state index in [1.54, 1.807) is 0 Å². The van der Waals surface area contributed by atoms with Gasteiger partial charge in [-0.1, -0.05) is 41.7 Å². The van der Waals surface area contributed by atoms with E-state index >= 15 is 0 Å². The molecule has 1 N–H and O–H groups in total. The number of nitrogens with one attached hydrogen (secondary N) is 1. The van der Waals surface area contributed by atoms with Crippen molar-refractivity contribution in [3.8, 4) is 0 Å². The van der Waals surface area contributed by atoms with Gasteiger partial charge in [-0.05, 0) is 25.5 Å². The highest BCUT2D eigenvalue weighted by Crippen LogP contribution is 2.37. The second-order valence-electron chi connectivity index (χ2n) is 5.42. The predicted molar refractivity (Wildman–Crippen MR) is 99.5 cm³/mol. The van der Waals surface area contributed by atoms with Crippen LogP contribution in [0.15, 0.2) is 17.0 Å². The van der Waals surface area contributed by atoms with Crippen molar-refractivity contribution in [3.63, 3.8) is 0 Å². The van der Waals surface area contributed by atoms with E-state index in [4.69, 9.17) is 34.8 Å². The minimum absolute atomic E-state index is 0.0321. The molecule has 134 valence electrons. The zero-order valence-corrected chi connectivity index (χ0v) is 17.0. The molecule has 1 aliphatic rings. The number of nitrogens with zero attached hydrogens (tertiary/aromatic N) is 1. The summed E-state index contributed by atoms with van der Waals surface area (Å²) in [5.74, 6) is 0.222. The van der Waals surface area contributed by atoms with Gasteiger partial charge in [-0.3, -0.25) is 4.79 Å². The van der Waals surface area contributed by atoms with Crippen molar-refractivity contribution in [1.82, 2.24) is 9.62 Å². The summed E-state index contributed by atoms with van der Waals surface area (Å²) in [7, 11) is -4.02. The Balaban J connectivity index is 2.37. The second-order valence-corrected chi connectivity index (χ2v) is 9.50. The first-order valence-electron chi connectivity index (χ1n) is 7.23. The zero-order valence-electron chi connectivity index (χ0n) is 13.1. The molecular weight excluding hydrogens is 415 g/mol. The Kier molecular flexibility index (Phi) is 6.72. The average Bonchev–Trinajstić information content (AvgIpc) is 2.95. The van der Waals surface area contributed by atoms with E-state index < -0.39 is 16.1 Å². The van der Waals surface area contributed by atoms with Crippen LogP contribution >= 0.6 is 46.6 Å². The van der Waals surface area contributed by atoms with Crippen molar-refractivity contribution in [3.05, 3.63) is 27.2 Å². The third-order valence-electron chi connectivity index (χ3n) is 3.68. The van der Waals surface area contributed by atoms with E-state index in [1.807, 2.05) is 13.8 Å². The molecule has 2 atom stereocenters. The van der Waals surface area contributed by atoms with Crippen molar-refractivity contribution in [1.29, 1.82) is 0 Å². The van der Waals surface area contributed by atoms with Gasteiger partial charge in [-0.2, -0.15) is 4.31 Å². The molecule has 1 heterocycles.